The highest BCUT2D eigenvalue weighted by molar-refractivity contribution is 5.92. The van der Waals surface area contributed by atoms with Gasteiger partial charge in [0.15, 0.2) is 5.69 Å². The zero-order valence-corrected chi connectivity index (χ0v) is 12.5. The molecule has 0 spiro atoms. The molecule has 112 valence electrons. The monoisotopic (exact) mass is 283 g/mol. The second-order valence-electron chi connectivity index (χ2n) is 4.70. The van der Waals surface area contributed by atoms with Crippen LogP contribution in [0.5, 0.6) is 0 Å². The van der Waals surface area contributed by atoms with E-state index < -0.39 is 18.0 Å². The molecule has 1 unspecified atom stereocenters. The van der Waals surface area contributed by atoms with Crippen LogP contribution in [0, 0.1) is 12.8 Å². The average Bonchev–Trinajstić information content (AvgIpc) is 2.67. The Kier molecular flexibility index (Phi) is 5.12. The Morgan fingerprint density at radius 3 is 2.45 bits per heavy atom. The number of methoxy groups -OCH3 is 1. The molecular formula is C13H21N3O4. The number of carbonyl (C=O) groups excluding carboxylic acids is 2. The van der Waals surface area contributed by atoms with Crippen LogP contribution in [-0.2, 0) is 14.3 Å². The Bertz CT molecular complexity index is 508. The number of esters is 2. The molecular weight excluding hydrogens is 262 g/mol. The molecule has 1 aromatic heterocycles. The summed E-state index contributed by atoms with van der Waals surface area (Å²) in [6, 6.07) is -0.629. The maximum absolute atomic E-state index is 11.9. The maximum Gasteiger partial charge on any atom is 0.360 e. The van der Waals surface area contributed by atoms with Crippen molar-refractivity contribution in [3.63, 3.8) is 0 Å². The number of nitrogens with two attached hydrogens (primary N) is 1. The van der Waals surface area contributed by atoms with Gasteiger partial charge in [0, 0.05) is 0 Å². The van der Waals surface area contributed by atoms with E-state index in [1.54, 1.807) is 13.8 Å². The predicted molar refractivity (Wildman–Crippen MR) is 73.2 cm³/mol. The van der Waals surface area contributed by atoms with Gasteiger partial charge < -0.3 is 15.2 Å². The van der Waals surface area contributed by atoms with Crippen LogP contribution in [0.4, 0.5) is 5.82 Å². The van der Waals surface area contributed by atoms with E-state index in [4.69, 9.17) is 15.2 Å². The lowest BCUT2D eigenvalue weighted by molar-refractivity contribution is -0.146. The number of carbonyl (C=O) groups is 2. The van der Waals surface area contributed by atoms with Gasteiger partial charge in [0.1, 0.15) is 17.7 Å². The average molecular weight is 283 g/mol. The smallest absolute Gasteiger partial charge is 0.360 e. The van der Waals surface area contributed by atoms with Gasteiger partial charge in [-0.3, -0.25) is 4.57 Å². The van der Waals surface area contributed by atoms with Crippen molar-refractivity contribution in [2.24, 2.45) is 5.92 Å². The highest BCUT2D eigenvalue weighted by Gasteiger charge is 2.31. The highest BCUT2D eigenvalue weighted by Crippen LogP contribution is 2.27. The number of anilines is 1. The van der Waals surface area contributed by atoms with Crippen LogP contribution in [0.1, 0.15) is 43.1 Å². The van der Waals surface area contributed by atoms with Crippen LogP contribution < -0.4 is 5.73 Å². The number of ether oxygens (including phenoxy) is 2. The number of nitrogen functional groups attached to an aromatic ring is 1. The quantitative estimate of drug-likeness (QED) is 0.819. The minimum Gasteiger partial charge on any atom is -0.467 e. The van der Waals surface area contributed by atoms with Gasteiger partial charge in [0.2, 0.25) is 0 Å². The van der Waals surface area contributed by atoms with E-state index in [-0.39, 0.29) is 24.0 Å². The minimum atomic E-state index is -0.629. The summed E-state index contributed by atoms with van der Waals surface area (Å²) >= 11 is 0. The standard InChI is InChI=1S/C13H21N3O4/c1-6-20-12(17)9-11(14)16(8(4)15-9)10(7(2)3)13(18)19-5/h7,10H,6,14H2,1-5H3. The lowest BCUT2D eigenvalue weighted by atomic mass is 10.0. The molecule has 7 heteroatoms. The number of hydrogen-bond acceptors (Lipinski definition) is 6. The third-order valence-corrected chi connectivity index (χ3v) is 2.95. The maximum atomic E-state index is 11.9. The normalized spacial score (nSPS) is 12.3. The van der Waals surface area contributed by atoms with E-state index in [2.05, 4.69) is 4.98 Å². The van der Waals surface area contributed by atoms with Gasteiger partial charge in [-0.15, -0.1) is 0 Å². The zero-order valence-electron chi connectivity index (χ0n) is 12.5. The van der Waals surface area contributed by atoms with Gasteiger partial charge in [-0.1, -0.05) is 13.8 Å². The first-order valence-corrected chi connectivity index (χ1v) is 6.44. The van der Waals surface area contributed by atoms with Gasteiger partial charge >= 0.3 is 11.9 Å². The van der Waals surface area contributed by atoms with Crippen LogP contribution in [0.25, 0.3) is 0 Å². The molecule has 7 nitrogen and oxygen atoms in total. The van der Waals surface area contributed by atoms with Crippen molar-refractivity contribution in [2.45, 2.75) is 33.7 Å². The number of aryl methyl sites for hydroxylation is 1. The first-order chi connectivity index (χ1) is 9.34. The summed E-state index contributed by atoms with van der Waals surface area (Å²) in [7, 11) is 1.31. The van der Waals surface area contributed by atoms with Gasteiger partial charge in [0.25, 0.3) is 0 Å². The van der Waals surface area contributed by atoms with Gasteiger partial charge in [0.05, 0.1) is 13.7 Å². The predicted octanol–water partition coefficient (Wildman–Crippen LogP) is 1.32. The van der Waals surface area contributed by atoms with Crippen LogP contribution in [0.3, 0.4) is 0 Å². The second kappa shape index (κ2) is 6.40. The Balaban J connectivity index is 3.30. The van der Waals surface area contributed by atoms with Gasteiger partial charge in [-0.05, 0) is 19.8 Å². The Morgan fingerprint density at radius 1 is 1.40 bits per heavy atom. The highest BCUT2D eigenvalue weighted by atomic mass is 16.5. The van der Waals surface area contributed by atoms with E-state index in [0.29, 0.717) is 5.82 Å². The minimum absolute atomic E-state index is 0.0268. The molecule has 0 fully saturated rings. The lowest BCUT2D eigenvalue weighted by Gasteiger charge is -2.22. The topological polar surface area (TPSA) is 96.4 Å². The number of imidazole rings is 1. The third-order valence-electron chi connectivity index (χ3n) is 2.95. The van der Waals surface area contributed by atoms with Crippen LogP contribution >= 0.6 is 0 Å². The summed E-state index contributed by atoms with van der Waals surface area (Å²) in [5.41, 5.74) is 5.99. The Morgan fingerprint density at radius 2 is 2.00 bits per heavy atom. The SMILES string of the molecule is CCOC(=O)c1nc(C)n(C(C(=O)OC)C(C)C)c1N. The number of nitrogens with zero attached hydrogens (tertiary/aromatic N) is 2. The summed E-state index contributed by atoms with van der Waals surface area (Å²) in [4.78, 5) is 27.8. The van der Waals surface area contributed by atoms with E-state index >= 15 is 0 Å². The van der Waals surface area contributed by atoms with Crippen LogP contribution in [0.15, 0.2) is 0 Å². The van der Waals surface area contributed by atoms with Crippen molar-refractivity contribution in [1.82, 2.24) is 9.55 Å². The second-order valence-corrected chi connectivity index (χ2v) is 4.70. The Labute approximate surface area is 118 Å². The molecule has 1 atom stereocenters. The van der Waals surface area contributed by atoms with Crippen LogP contribution in [-0.4, -0.2) is 35.2 Å². The summed E-state index contributed by atoms with van der Waals surface area (Å²) in [6.45, 7) is 7.34. The molecule has 1 aromatic rings. The number of aromatic nitrogens is 2. The van der Waals surface area contributed by atoms with Gasteiger partial charge in [-0.25, -0.2) is 14.6 Å². The Hall–Kier alpha value is -2.05. The molecule has 0 amide bonds. The van der Waals surface area contributed by atoms with Gasteiger partial charge in [-0.2, -0.15) is 0 Å². The first kappa shape index (κ1) is 16.0. The molecule has 0 saturated heterocycles. The van der Waals surface area contributed by atoms with Crippen molar-refractivity contribution in [1.29, 1.82) is 0 Å². The molecule has 0 bridgehead atoms. The van der Waals surface area contributed by atoms with Crippen molar-refractivity contribution in [2.75, 3.05) is 19.5 Å². The molecule has 0 aliphatic carbocycles. The fourth-order valence-corrected chi connectivity index (χ4v) is 2.06. The first-order valence-electron chi connectivity index (χ1n) is 6.44. The summed E-state index contributed by atoms with van der Waals surface area (Å²) in [5, 5.41) is 0. The molecule has 0 saturated carbocycles. The van der Waals surface area contributed by atoms with Crippen molar-refractivity contribution < 1.29 is 19.1 Å². The van der Waals surface area contributed by atoms with Crippen molar-refractivity contribution in [3.05, 3.63) is 11.5 Å². The fraction of sp³-hybridized carbons (Fsp3) is 0.615. The number of rotatable bonds is 5. The van der Waals surface area contributed by atoms with Crippen molar-refractivity contribution in [3.8, 4) is 0 Å². The van der Waals surface area contributed by atoms with E-state index in [0.717, 1.165) is 0 Å². The molecule has 2 N–H and O–H groups in total. The van der Waals surface area contributed by atoms with E-state index in [1.165, 1.54) is 11.7 Å². The van der Waals surface area contributed by atoms with Crippen LogP contribution in [0.2, 0.25) is 0 Å². The summed E-state index contributed by atoms with van der Waals surface area (Å²) < 4.78 is 11.2. The summed E-state index contributed by atoms with van der Waals surface area (Å²) in [5.74, 6) is -0.505. The summed E-state index contributed by atoms with van der Waals surface area (Å²) in [6.07, 6.45) is 0. The molecule has 0 aromatic carbocycles. The molecule has 20 heavy (non-hydrogen) atoms. The molecule has 0 aliphatic heterocycles. The molecule has 0 aliphatic rings. The molecule has 1 heterocycles. The van der Waals surface area contributed by atoms with Crippen molar-refractivity contribution >= 4 is 17.8 Å². The van der Waals surface area contributed by atoms with E-state index in [1.807, 2.05) is 13.8 Å². The molecule has 1 rings (SSSR count). The zero-order chi connectivity index (χ0) is 15.4. The fourth-order valence-electron chi connectivity index (χ4n) is 2.06. The third kappa shape index (κ3) is 2.92. The number of hydrogen-bond donors (Lipinski definition) is 1. The lowest BCUT2D eigenvalue weighted by Crippen LogP contribution is -2.27. The molecule has 0 radical (unpaired) electrons. The van der Waals surface area contributed by atoms with E-state index in [9.17, 15) is 9.59 Å². The largest absolute Gasteiger partial charge is 0.467 e.